The van der Waals surface area contributed by atoms with E-state index in [1.54, 1.807) is 0 Å². The van der Waals surface area contributed by atoms with Crippen LogP contribution in [0.1, 0.15) is 40.2 Å². The Balaban J connectivity index is 2.79. The van der Waals surface area contributed by atoms with Crippen LogP contribution in [0.4, 0.5) is 0 Å². The Bertz CT molecular complexity index is 410. The van der Waals surface area contributed by atoms with Crippen molar-refractivity contribution in [1.29, 1.82) is 0 Å². The minimum atomic E-state index is -1.92. The number of rotatable bonds is 7. The summed E-state index contributed by atoms with van der Waals surface area (Å²) in [5.41, 5.74) is 2.78. The summed E-state index contributed by atoms with van der Waals surface area (Å²) in [6.45, 7) is 11.7. The van der Waals surface area contributed by atoms with Crippen LogP contribution in [0, 0.1) is 11.8 Å². The van der Waals surface area contributed by atoms with Gasteiger partial charge in [-0.05, 0) is 0 Å². The van der Waals surface area contributed by atoms with Gasteiger partial charge in [0.15, 0.2) is 0 Å². The van der Waals surface area contributed by atoms with Crippen molar-refractivity contribution in [3.8, 4) is 0 Å². The SMILES string of the molecule is C/C(=C/C[Te](Br)(CC(C)C)CC(C)C)c1ccccc1. The van der Waals surface area contributed by atoms with Gasteiger partial charge < -0.3 is 0 Å². The molecule has 0 heterocycles. The van der Waals surface area contributed by atoms with Crippen molar-refractivity contribution in [3.63, 3.8) is 0 Å². The van der Waals surface area contributed by atoms with Crippen molar-refractivity contribution >= 4 is 34.3 Å². The van der Waals surface area contributed by atoms with Crippen LogP contribution in [-0.2, 0) is 0 Å². The summed E-state index contributed by atoms with van der Waals surface area (Å²) in [7, 11) is 0. The van der Waals surface area contributed by atoms with Crippen molar-refractivity contribution in [2.45, 2.75) is 48.0 Å². The molecule has 2 heteroatoms. The van der Waals surface area contributed by atoms with Gasteiger partial charge >= 0.3 is 136 Å². The van der Waals surface area contributed by atoms with Crippen molar-refractivity contribution in [2.75, 3.05) is 0 Å². The van der Waals surface area contributed by atoms with E-state index in [0.717, 1.165) is 11.8 Å². The Kier molecular flexibility index (Phi) is 7.88. The van der Waals surface area contributed by atoms with Crippen molar-refractivity contribution in [2.24, 2.45) is 11.8 Å². The molecule has 20 heavy (non-hydrogen) atoms. The summed E-state index contributed by atoms with van der Waals surface area (Å²) in [5, 5.41) is 0. The molecule has 0 spiro atoms. The van der Waals surface area contributed by atoms with E-state index in [4.69, 9.17) is 0 Å². The fourth-order valence-corrected chi connectivity index (χ4v) is 20.0. The van der Waals surface area contributed by atoms with Crippen molar-refractivity contribution < 1.29 is 0 Å². The first-order chi connectivity index (χ1) is 9.32. The Morgan fingerprint density at radius 3 is 2.00 bits per heavy atom. The maximum atomic E-state index is 4.23. The Morgan fingerprint density at radius 2 is 1.55 bits per heavy atom. The molecule has 0 nitrogen and oxygen atoms in total. The van der Waals surface area contributed by atoms with Gasteiger partial charge in [0.25, 0.3) is 0 Å². The van der Waals surface area contributed by atoms with E-state index in [-0.39, 0.29) is 0 Å². The van der Waals surface area contributed by atoms with Crippen LogP contribution >= 0.6 is 12.8 Å². The van der Waals surface area contributed by atoms with E-state index in [0.29, 0.717) is 0 Å². The van der Waals surface area contributed by atoms with E-state index >= 15 is 0 Å². The Hall–Kier alpha value is 0.230. The molecular formula is C18H29BrTe. The average molecular weight is 453 g/mol. The molecule has 1 aromatic rings. The second-order valence-electron chi connectivity index (χ2n) is 6.48. The van der Waals surface area contributed by atoms with Crippen LogP contribution < -0.4 is 0 Å². The van der Waals surface area contributed by atoms with Crippen LogP contribution in [0.2, 0.25) is 13.4 Å². The van der Waals surface area contributed by atoms with E-state index in [2.05, 4.69) is 83.8 Å². The fraction of sp³-hybridized carbons (Fsp3) is 0.556. The van der Waals surface area contributed by atoms with Crippen LogP contribution in [0.5, 0.6) is 0 Å². The van der Waals surface area contributed by atoms with E-state index in [1.807, 2.05) is 0 Å². The number of benzene rings is 1. The van der Waals surface area contributed by atoms with Gasteiger partial charge in [-0.25, -0.2) is 0 Å². The fourth-order valence-electron chi connectivity index (χ4n) is 2.49. The molecule has 0 aromatic heterocycles. The van der Waals surface area contributed by atoms with Gasteiger partial charge in [-0.2, -0.15) is 0 Å². The van der Waals surface area contributed by atoms with Crippen LogP contribution in [-0.4, -0.2) is 16.0 Å². The van der Waals surface area contributed by atoms with E-state index in [9.17, 15) is 0 Å². The maximum absolute atomic E-state index is 4.23. The molecule has 1 aromatic carbocycles. The van der Waals surface area contributed by atoms with E-state index in [1.165, 1.54) is 24.5 Å². The zero-order chi connectivity index (χ0) is 15.2. The molecule has 0 saturated carbocycles. The predicted molar refractivity (Wildman–Crippen MR) is 98.9 cm³/mol. The Morgan fingerprint density at radius 1 is 1.05 bits per heavy atom. The third kappa shape index (κ3) is 6.79. The van der Waals surface area contributed by atoms with Crippen molar-refractivity contribution in [1.82, 2.24) is 0 Å². The van der Waals surface area contributed by atoms with E-state index < -0.39 is 16.0 Å². The third-order valence-corrected chi connectivity index (χ3v) is 17.9. The molecule has 0 atom stereocenters. The van der Waals surface area contributed by atoms with Crippen LogP contribution in [0.15, 0.2) is 36.4 Å². The zero-order valence-electron chi connectivity index (χ0n) is 13.5. The first-order valence-electron chi connectivity index (χ1n) is 7.50. The minimum absolute atomic E-state index is 0.805. The summed E-state index contributed by atoms with van der Waals surface area (Å²) in [6, 6.07) is 10.7. The zero-order valence-corrected chi connectivity index (χ0v) is 17.4. The quantitative estimate of drug-likeness (QED) is 0.402. The van der Waals surface area contributed by atoms with Crippen LogP contribution in [0.3, 0.4) is 0 Å². The van der Waals surface area contributed by atoms with Crippen LogP contribution in [0.25, 0.3) is 5.57 Å². The molecule has 0 fully saturated rings. The summed E-state index contributed by atoms with van der Waals surface area (Å²) in [4.78, 5) is 0. The second kappa shape index (κ2) is 8.62. The molecule has 0 radical (unpaired) electrons. The summed E-state index contributed by atoms with van der Waals surface area (Å²) >= 11 is 2.32. The Labute approximate surface area is 135 Å². The number of halogens is 1. The topological polar surface area (TPSA) is 0 Å². The average Bonchev–Trinajstić information content (AvgIpc) is 2.35. The third-order valence-electron chi connectivity index (χ3n) is 3.18. The molecule has 0 aliphatic heterocycles. The summed E-state index contributed by atoms with van der Waals surface area (Å²) in [6.07, 6.45) is 2.48. The molecule has 0 unspecified atom stereocenters. The van der Waals surface area contributed by atoms with Gasteiger partial charge in [-0.1, -0.05) is 0 Å². The van der Waals surface area contributed by atoms with Gasteiger partial charge in [-0.3, -0.25) is 0 Å². The number of allylic oxidation sites excluding steroid dienone is 2. The second-order valence-corrected chi connectivity index (χ2v) is 23.9. The van der Waals surface area contributed by atoms with Gasteiger partial charge in [0.1, 0.15) is 0 Å². The summed E-state index contributed by atoms with van der Waals surface area (Å²) in [5.74, 6) is 1.61. The van der Waals surface area contributed by atoms with Gasteiger partial charge in [0, 0.05) is 0 Å². The van der Waals surface area contributed by atoms with Crippen molar-refractivity contribution in [3.05, 3.63) is 42.0 Å². The molecule has 0 aliphatic rings. The molecule has 0 aliphatic carbocycles. The molecule has 0 N–H and O–H groups in total. The molecule has 0 amide bonds. The first kappa shape index (κ1) is 18.3. The molecular weight excluding hydrogens is 424 g/mol. The van der Waals surface area contributed by atoms with Gasteiger partial charge in [0.2, 0.25) is 0 Å². The molecule has 0 bridgehead atoms. The summed E-state index contributed by atoms with van der Waals surface area (Å²) < 4.78 is 4.12. The normalized spacial score (nSPS) is 14.1. The molecule has 114 valence electrons. The number of hydrogen-bond donors (Lipinski definition) is 0. The van der Waals surface area contributed by atoms with Gasteiger partial charge in [-0.15, -0.1) is 0 Å². The predicted octanol–water partition coefficient (Wildman–Crippen LogP) is 6.74. The molecule has 0 saturated heterocycles. The number of hydrogen-bond acceptors (Lipinski definition) is 0. The first-order valence-corrected chi connectivity index (χ1v) is 17.7. The molecule has 1 rings (SSSR count). The standard InChI is InChI=1S/C18H29BrTe/c1-15(2)13-20(19,14-16(3)4)12-11-17(5)18-9-7-6-8-10-18/h6-11,15-16H,12-14H2,1-5H3/b17-11-. The monoisotopic (exact) mass is 454 g/mol. The van der Waals surface area contributed by atoms with Gasteiger partial charge in [0.05, 0.1) is 0 Å².